The van der Waals surface area contributed by atoms with Gasteiger partial charge in [-0.25, -0.2) is 23.1 Å². The quantitative estimate of drug-likeness (QED) is 0.546. The van der Waals surface area contributed by atoms with E-state index >= 15 is 0 Å². The van der Waals surface area contributed by atoms with Crippen molar-refractivity contribution in [2.75, 3.05) is 31.1 Å². The fourth-order valence-electron chi connectivity index (χ4n) is 3.76. The molecule has 10 heteroatoms. The van der Waals surface area contributed by atoms with Crippen molar-refractivity contribution in [3.8, 4) is 5.82 Å². The molecule has 1 aliphatic rings. The van der Waals surface area contributed by atoms with Crippen LogP contribution in [0.4, 0.5) is 5.82 Å². The Bertz CT molecular complexity index is 1220. The molecule has 1 aliphatic heterocycles. The molecule has 0 saturated carbocycles. The van der Waals surface area contributed by atoms with E-state index in [9.17, 15) is 13.2 Å². The van der Waals surface area contributed by atoms with Crippen molar-refractivity contribution in [1.29, 1.82) is 0 Å². The van der Waals surface area contributed by atoms with Crippen molar-refractivity contribution in [1.82, 2.24) is 24.6 Å². The van der Waals surface area contributed by atoms with Gasteiger partial charge in [0.2, 0.25) is 5.91 Å². The van der Waals surface area contributed by atoms with Gasteiger partial charge in [0.25, 0.3) is 0 Å². The van der Waals surface area contributed by atoms with Crippen LogP contribution in [0.1, 0.15) is 25.2 Å². The number of hydrogen-bond acceptors (Lipinski definition) is 7. The van der Waals surface area contributed by atoms with E-state index in [4.69, 9.17) is 0 Å². The van der Waals surface area contributed by atoms with Crippen molar-refractivity contribution in [3.63, 3.8) is 0 Å². The second-order valence-corrected chi connectivity index (χ2v) is 10.9. The monoisotopic (exact) mass is 468 g/mol. The molecule has 1 aromatic carbocycles. The zero-order valence-electron chi connectivity index (χ0n) is 19.0. The van der Waals surface area contributed by atoms with Crippen molar-refractivity contribution < 1.29 is 13.2 Å². The van der Waals surface area contributed by atoms with Crippen LogP contribution in [0.3, 0.4) is 0 Å². The summed E-state index contributed by atoms with van der Waals surface area (Å²) in [5.41, 5.74) is 0.806. The Labute approximate surface area is 194 Å². The van der Waals surface area contributed by atoms with Crippen molar-refractivity contribution in [2.45, 2.75) is 37.3 Å². The van der Waals surface area contributed by atoms with Crippen LogP contribution in [-0.2, 0) is 21.1 Å². The van der Waals surface area contributed by atoms with Gasteiger partial charge in [0.05, 0.1) is 16.6 Å². The zero-order valence-corrected chi connectivity index (χ0v) is 19.9. The van der Waals surface area contributed by atoms with E-state index in [1.165, 1.54) is 0 Å². The molecule has 33 heavy (non-hydrogen) atoms. The third kappa shape index (κ3) is 5.05. The van der Waals surface area contributed by atoms with Crippen molar-refractivity contribution in [3.05, 3.63) is 60.2 Å². The summed E-state index contributed by atoms with van der Waals surface area (Å²) in [6, 6.07) is 10.4. The first-order valence-electron chi connectivity index (χ1n) is 11.0. The van der Waals surface area contributed by atoms with Crippen LogP contribution >= 0.6 is 0 Å². The third-order valence-corrected chi connectivity index (χ3v) is 7.90. The Kier molecular flexibility index (Phi) is 6.46. The lowest BCUT2D eigenvalue weighted by Crippen LogP contribution is -2.49. The minimum Gasteiger partial charge on any atom is -0.353 e. The highest BCUT2D eigenvalue weighted by atomic mass is 32.2. The minimum absolute atomic E-state index is 0.0326. The maximum absolute atomic E-state index is 12.8. The van der Waals surface area contributed by atoms with E-state index in [1.54, 1.807) is 49.0 Å². The topological polar surface area (TPSA) is 101 Å². The second kappa shape index (κ2) is 9.30. The van der Waals surface area contributed by atoms with Crippen LogP contribution in [0.25, 0.3) is 5.82 Å². The number of sulfone groups is 1. The molecule has 0 N–H and O–H groups in total. The summed E-state index contributed by atoms with van der Waals surface area (Å²) in [4.78, 5) is 26.1. The van der Waals surface area contributed by atoms with E-state index in [1.807, 2.05) is 30.2 Å². The lowest BCUT2D eigenvalue weighted by atomic mass is 10.1. The highest BCUT2D eigenvalue weighted by Crippen LogP contribution is 2.19. The summed E-state index contributed by atoms with van der Waals surface area (Å²) < 4.78 is 26.3. The van der Waals surface area contributed by atoms with Crippen LogP contribution in [0.5, 0.6) is 0 Å². The molecule has 0 aliphatic carbocycles. The Balaban J connectivity index is 1.37. The smallest absolute Gasteiger partial charge is 0.227 e. The molecule has 0 bridgehead atoms. The molecule has 4 rings (SSSR count). The molecular weight excluding hydrogens is 440 g/mol. The van der Waals surface area contributed by atoms with Gasteiger partial charge in [-0.15, -0.1) is 0 Å². The van der Waals surface area contributed by atoms with Crippen LogP contribution < -0.4 is 4.90 Å². The fraction of sp³-hybridized carbons (Fsp3) is 0.391. The molecule has 0 spiro atoms. The largest absolute Gasteiger partial charge is 0.353 e. The summed E-state index contributed by atoms with van der Waals surface area (Å²) >= 11 is 0. The summed E-state index contributed by atoms with van der Waals surface area (Å²) in [6.07, 6.45) is 3.79. The summed E-state index contributed by atoms with van der Waals surface area (Å²) in [5, 5.41) is 3.76. The van der Waals surface area contributed by atoms with E-state index in [0.29, 0.717) is 37.8 Å². The van der Waals surface area contributed by atoms with E-state index < -0.39 is 15.1 Å². The predicted octanol–water partition coefficient (Wildman–Crippen LogP) is 2.04. The van der Waals surface area contributed by atoms with Crippen molar-refractivity contribution in [2.24, 2.45) is 0 Å². The number of anilines is 1. The average molecular weight is 469 g/mol. The van der Waals surface area contributed by atoms with Gasteiger partial charge >= 0.3 is 0 Å². The second-order valence-electron chi connectivity index (χ2n) is 8.36. The number of aryl methyl sites for hydroxylation is 1. The molecule has 1 fully saturated rings. The Morgan fingerprint density at radius 1 is 1.03 bits per heavy atom. The lowest BCUT2D eigenvalue weighted by molar-refractivity contribution is -0.130. The van der Waals surface area contributed by atoms with Crippen molar-refractivity contribution >= 4 is 21.6 Å². The molecule has 3 aromatic rings. The maximum Gasteiger partial charge on any atom is 0.227 e. The average Bonchev–Trinajstić information content (AvgIpc) is 3.34. The van der Waals surface area contributed by atoms with Gasteiger partial charge < -0.3 is 9.80 Å². The van der Waals surface area contributed by atoms with Crippen LogP contribution in [-0.4, -0.2) is 70.4 Å². The first-order valence-corrected chi connectivity index (χ1v) is 12.5. The first-order chi connectivity index (χ1) is 15.7. The molecule has 0 unspecified atom stereocenters. The highest BCUT2D eigenvalue weighted by molar-refractivity contribution is 7.92. The molecule has 174 valence electrons. The van der Waals surface area contributed by atoms with Crippen LogP contribution in [0, 0.1) is 6.92 Å². The zero-order chi connectivity index (χ0) is 23.6. The lowest BCUT2D eigenvalue weighted by Gasteiger charge is -2.35. The fourth-order valence-corrected chi connectivity index (χ4v) is 4.82. The number of aromatic nitrogens is 4. The van der Waals surface area contributed by atoms with Gasteiger partial charge in [-0.3, -0.25) is 4.79 Å². The van der Waals surface area contributed by atoms with Gasteiger partial charge in [0, 0.05) is 44.6 Å². The van der Waals surface area contributed by atoms with Gasteiger partial charge in [-0.1, -0.05) is 12.1 Å². The number of benzene rings is 1. The highest BCUT2D eigenvalue weighted by Gasteiger charge is 2.23. The van der Waals surface area contributed by atoms with E-state index in [-0.39, 0.29) is 17.2 Å². The molecule has 3 heterocycles. The predicted molar refractivity (Wildman–Crippen MR) is 125 cm³/mol. The molecule has 2 aromatic heterocycles. The van der Waals surface area contributed by atoms with Gasteiger partial charge in [-0.2, -0.15) is 5.10 Å². The molecular formula is C23H28N6O3S. The van der Waals surface area contributed by atoms with Gasteiger partial charge in [0.1, 0.15) is 11.6 Å². The number of piperazine rings is 1. The maximum atomic E-state index is 12.8. The van der Waals surface area contributed by atoms with Crippen LogP contribution in [0.2, 0.25) is 0 Å². The van der Waals surface area contributed by atoms with E-state index in [2.05, 4.69) is 20.0 Å². The number of carbonyl (C=O) groups excluding carboxylic acids is 1. The van der Waals surface area contributed by atoms with Crippen LogP contribution in [0.15, 0.2) is 53.7 Å². The number of amides is 1. The van der Waals surface area contributed by atoms with Gasteiger partial charge in [0.15, 0.2) is 15.7 Å². The van der Waals surface area contributed by atoms with E-state index in [0.717, 1.165) is 11.4 Å². The molecule has 0 radical (unpaired) electrons. The normalized spacial score (nSPS) is 14.7. The summed E-state index contributed by atoms with van der Waals surface area (Å²) in [7, 11) is -3.31. The minimum atomic E-state index is -3.31. The Morgan fingerprint density at radius 2 is 1.70 bits per heavy atom. The molecule has 9 nitrogen and oxygen atoms in total. The molecule has 1 saturated heterocycles. The SMILES string of the molecule is Cc1nc(N2CCN(C(=O)Cc3ccc(S(=O)(=O)C(C)C)cc3)CC2)cc(-n2cccn2)n1. The summed E-state index contributed by atoms with van der Waals surface area (Å²) in [5.74, 6) is 2.23. The standard InChI is InChI=1S/C23H28N6O3S/c1-17(2)33(31,32)20-7-5-19(6-8-20)15-23(30)28-13-11-27(12-14-28)21-16-22(26-18(3)25-21)29-10-4-9-24-29/h4-10,16-17H,11-15H2,1-3H3. The summed E-state index contributed by atoms with van der Waals surface area (Å²) in [6.45, 7) is 7.71. The number of carbonyl (C=O) groups is 1. The number of rotatable bonds is 6. The molecule has 1 amide bonds. The number of hydrogen-bond donors (Lipinski definition) is 0. The Morgan fingerprint density at radius 3 is 2.30 bits per heavy atom. The number of nitrogens with zero attached hydrogens (tertiary/aromatic N) is 6. The Hall–Kier alpha value is -3.27. The van der Waals surface area contributed by atoms with Gasteiger partial charge in [-0.05, 0) is 44.5 Å². The molecule has 0 atom stereocenters. The first kappa shape index (κ1) is 22.9. The third-order valence-electron chi connectivity index (χ3n) is 5.73.